The highest BCUT2D eigenvalue weighted by Crippen LogP contribution is 2.10. The Bertz CT molecular complexity index is 489. The summed E-state index contributed by atoms with van der Waals surface area (Å²) in [6, 6.07) is 3.93. The summed E-state index contributed by atoms with van der Waals surface area (Å²) in [5.41, 5.74) is 0.713. The van der Waals surface area contributed by atoms with Crippen molar-refractivity contribution in [2.75, 3.05) is 13.2 Å². The van der Waals surface area contributed by atoms with Gasteiger partial charge in [-0.05, 0) is 24.6 Å². The lowest BCUT2D eigenvalue weighted by atomic mass is 10.1. The molecule has 1 amide bonds. The van der Waals surface area contributed by atoms with Gasteiger partial charge < -0.3 is 10.4 Å². The van der Waals surface area contributed by atoms with Gasteiger partial charge >= 0.3 is 0 Å². The predicted octanol–water partition coefficient (Wildman–Crippen LogP) is 2.09. The molecule has 0 aliphatic rings. The van der Waals surface area contributed by atoms with E-state index in [9.17, 15) is 9.18 Å². The Kier molecular flexibility index (Phi) is 6.62. The maximum atomic E-state index is 13.2. The standard InChI is InChI=1S/C15H18FNO2/c1-2-3-9-17-15(19)14-11-13(16)8-7-12(14)6-4-5-10-18/h7-8,11,18H,2-3,5,9-10H2,1H3,(H,17,19). The molecule has 102 valence electrons. The average Bonchev–Trinajstić information content (AvgIpc) is 2.40. The molecule has 3 nitrogen and oxygen atoms in total. The molecule has 0 aromatic heterocycles. The molecular formula is C15H18FNO2. The summed E-state index contributed by atoms with van der Waals surface area (Å²) in [5.74, 6) is 4.72. The number of rotatable bonds is 5. The van der Waals surface area contributed by atoms with Crippen LogP contribution < -0.4 is 5.32 Å². The first-order valence-corrected chi connectivity index (χ1v) is 6.36. The first-order valence-electron chi connectivity index (χ1n) is 6.36. The Morgan fingerprint density at radius 1 is 1.47 bits per heavy atom. The largest absolute Gasteiger partial charge is 0.395 e. The molecule has 0 spiro atoms. The van der Waals surface area contributed by atoms with Gasteiger partial charge in [0.05, 0.1) is 12.2 Å². The number of nitrogens with one attached hydrogen (secondary N) is 1. The van der Waals surface area contributed by atoms with E-state index in [2.05, 4.69) is 17.2 Å². The lowest BCUT2D eigenvalue weighted by Gasteiger charge is -2.06. The summed E-state index contributed by atoms with van der Waals surface area (Å²) >= 11 is 0. The van der Waals surface area contributed by atoms with Gasteiger partial charge in [-0.3, -0.25) is 4.79 Å². The third kappa shape index (κ3) is 5.11. The molecule has 0 saturated heterocycles. The zero-order valence-corrected chi connectivity index (χ0v) is 11.0. The number of amides is 1. The van der Waals surface area contributed by atoms with E-state index in [1.54, 1.807) is 0 Å². The van der Waals surface area contributed by atoms with E-state index >= 15 is 0 Å². The average molecular weight is 263 g/mol. The summed E-state index contributed by atoms with van der Waals surface area (Å²) < 4.78 is 13.2. The molecular weight excluding hydrogens is 245 g/mol. The fourth-order valence-electron chi connectivity index (χ4n) is 1.50. The fourth-order valence-corrected chi connectivity index (χ4v) is 1.50. The number of aliphatic hydroxyl groups excluding tert-OH is 1. The van der Waals surface area contributed by atoms with Gasteiger partial charge in [-0.1, -0.05) is 25.2 Å². The molecule has 0 aliphatic heterocycles. The van der Waals surface area contributed by atoms with Crippen molar-refractivity contribution in [3.63, 3.8) is 0 Å². The normalized spacial score (nSPS) is 9.63. The number of benzene rings is 1. The van der Waals surface area contributed by atoms with Gasteiger partial charge in [0.2, 0.25) is 0 Å². The second kappa shape index (κ2) is 8.28. The van der Waals surface area contributed by atoms with Gasteiger partial charge in [0, 0.05) is 18.5 Å². The maximum absolute atomic E-state index is 13.2. The molecule has 0 atom stereocenters. The minimum Gasteiger partial charge on any atom is -0.395 e. The van der Waals surface area contributed by atoms with Crippen LogP contribution in [-0.2, 0) is 0 Å². The Balaban J connectivity index is 2.88. The van der Waals surface area contributed by atoms with Gasteiger partial charge in [-0.2, -0.15) is 0 Å². The van der Waals surface area contributed by atoms with Crippen LogP contribution in [0.2, 0.25) is 0 Å². The topological polar surface area (TPSA) is 49.3 Å². The number of carbonyl (C=O) groups is 1. The van der Waals surface area contributed by atoms with Crippen molar-refractivity contribution in [3.05, 3.63) is 35.1 Å². The SMILES string of the molecule is CCCCNC(=O)c1cc(F)ccc1C#CCCO. The van der Waals surface area contributed by atoms with Crippen molar-refractivity contribution >= 4 is 5.91 Å². The Morgan fingerprint density at radius 3 is 2.95 bits per heavy atom. The van der Waals surface area contributed by atoms with E-state index in [-0.39, 0.29) is 18.1 Å². The van der Waals surface area contributed by atoms with Gasteiger partial charge in [0.15, 0.2) is 0 Å². The summed E-state index contributed by atoms with van der Waals surface area (Å²) in [6.07, 6.45) is 2.19. The van der Waals surface area contributed by atoms with Crippen LogP contribution in [0.15, 0.2) is 18.2 Å². The second-order valence-electron chi connectivity index (χ2n) is 4.07. The number of unbranched alkanes of at least 4 members (excludes halogenated alkanes) is 1. The number of aliphatic hydroxyl groups is 1. The zero-order valence-electron chi connectivity index (χ0n) is 11.0. The fraction of sp³-hybridized carbons (Fsp3) is 0.400. The highest BCUT2D eigenvalue weighted by Gasteiger charge is 2.10. The van der Waals surface area contributed by atoms with Crippen LogP contribution in [0.1, 0.15) is 42.1 Å². The summed E-state index contributed by atoms with van der Waals surface area (Å²) in [6.45, 7) is 2.56. The van der Waals surface area contributed by atoms with Crippen LogP contribution in [0.5, 0.6) is 0 Å². The number of carbonyl (C=O) groups excluding carboxylic acids is 1. The van der Waals surface area contributed by atoms with Gasteiger partial charge in [0.25, 0.3) is 5.91 Å². The molecule has 1 rings (SSSR count). The summed E-state index contributed by atoms with van der Waals surface area (Å²) in [5, 5.41) is 11.4. The summed E-state index contributed by atoms with van der Waals surface area (Å²) in [7, 11) is 0. The maximum Gasteiger partial charge on any atom is 0.252 e. The van der Waals surface area contributed by atoms with E-state index in [1.807, 2.05) is 6.92 Å². The number of hydrogen-bond acceptors (Lipinski definition) is 2. The quantitative estimate of drug-likeness (QED) is 0.631. The van der Waals surface area contributed by atoms with Crippen LogP contribution in [0, 0.1) is 17.7 Å². The lowest BCUT2D eigenvalue weighted by molar-refractivity contribution is 0.0952. The first kappa shape index (κ1) is 15.2. The van der Waals surface area contributed by atoms with Crippen LogP contribution in [-0.4, -0.2) is 24.2 Å². The summed E-state index contributed by atoms with van der Waals surface area (Å²) in [4.78, 5) is 11.9. The molecule has 19 heavy (non-hydrogen) atoms. The van der Waals surface area contributed by atoms with E-state index in [0.29, 0.717) is 18.5 Å². The van der Waals surface area contributed by atoms with E-state index in [1.165, 1.54) is 18.2 Å². The second-order valence-corrected chi connectivity index (χ2v) is 4.07. The smallest absolute Gasteiger partial charge is 0.252 e. The molecule has 0 saturated carbocycles. The third-order valence-corrected chi connectivity index (χ3v) is 2.50. The highest BCUT2D eigenvalue weighted by atomic mass is 19.1. The molecule has 1 aromatic rings. The van der Waals surface area contributed by atoms with Crippen molar-refractivity contribution in [2.45, 2.75) is 26.2 Å². The molecule has 0 fully saturated rings. The highest BCUT2D eigenvalue weighted by molar-refractivity contribution is 5.96. The monoisotopic (exact) mass is 263 g/mol. The van der Waals surface area contributed by atoms with Crippen LogP contribution >= 0.6 is 0 Å². The van der Waals surface area contributed by atoms with E-state index in [0.717, 1.165) is 12.8 Å². The predicted molar refractivity (Wildman–Crippen MR) is 72.2 cm³/mol. The minimum atomic E-state index is -0.464. The minimum absolute atomic E-state index is 0.0355. The molecule has 0 aliphatic carbocycles. The van der Waals surface area contributed by atoms with Gasteiger partial charge in [-0.25, -0.2) is 4.39 Å². The molecule has 0 unspecified atom stereocenters. The van der Waals surface area contributed by atoms with Crippen LogP contribution in [0.25, 0.3) is 0 Å². The Labute approximate surface area is 112 Å². The van der Waals surface area contributed by atoms with Crippen LogP contribution in [0.3, 0.4) is 0 Å². The van der Waals surface area contributed by atoms with Crippen molar-refractivity contribution in [1.82, 2.24) is 5.32 Å². The molecule has 2 N–H and O–H groups in total. The molecule has 0 bridgehead atoms. The van der Waals surface area contributed by atoms with Crippen molar-refractivity contribution in [3.8, 4) is 11.8 Å². The lowest BCUT2D eigenvalue weighted by Crippen LogP contribution is -2.25. The Morgan fingerprint density at radius 2 is 2.26 bits per heavy atom. The number of halogens is 1. The van der Waals surface area contributed by atoms with Crippen molar-refractivity contribution in [1.29, 1.82) is 0 Å². The molecule has 0 radical (unpaired) electrons. The molecule has 0 heterocycles. The molecule has 1 aromatic carbocycles. The van der Waals surface area contributed by atoms with Crippen molar-refractivity contribution in [2.24, 2.45) is 0 Å². The third-order valence-electron chi connectivity index (χ3n) is 2.50. The first-order chi connectivity index (χ1) is 9.19. The van der Waals surface area contributed by atoms with Crippen LogP contribution in [0.4, 0.5) is 4.39 Å². The molecule has 4 heteroatoms. The van der Waals surface area contributed by atoms with Gasteiger partial charge in [-0.15, -0.1) is 0 Å². The van der Waals surface area contributed by atoms with E-state index < -0.39 is 5.82 Å². The zero-order chi connectivity index (χ0) is 14.1. The number of hydrogen-bond donors (Lipinski definition) is 2. The van der Waals surface area contributed by atoms with Gasteiger partial charge in [0.1, 0.15) is 5.82 Å². The van der Waals surface area contributed by atoms with Crippen molar-refractivity contribution < 1.29 is 14.3 Å². The van der Waals surface area contributed by atoms with E-state index in [4.69, 9.17) is 5.11 Å². The Hall–Kier alpha value is -1.86.